The Bertz CT molecular complexity index is 680. The molecule has 1 aliphatic rings. The van der Waals surface area contributed by atoms with Gasteiger partial charge in [-0.1, -0.05) is 38.0 Å². The highest BCUT2D eigenvalue weighted by Gasteiger charge is 2.38. The van der Waals surface area contributed by atoms with E-state index in [9.17, 15) is 9.18 Å². The van der Waals surface area contributed by atoms with Crippen molar-refractivity contribution < 1.29 is 9.18 Å². The first-order valence-corrected chi connectivity index (χ1v) is 8.46. The van der Waals surface area contributed by atoms with Crippen molar-refractivity contribution in [1.29, 1.82) is 0 Å². The van der Waals surface area contributed by atoms with Crippen LogP contribution in [0.5, 0.6) is 0 Å². The molecule has 1 aliphatic carbocycles. The number of halogens is 1. The Morgan fingerprint density at radius 3 is 2.79 bits per heavy atom. The highest BCUT2D eigenvalue weighted by Crippen LogP contribution is 2.41. The Labute approximate surface area is 141 Å². The molecule has 3 rings (SSSR count). The predicted octanol–water partition coefficient (Wildman–Crippen LogP) is 2.68. The fourth-order valence-electron chi connectivity index (χ4n) is 3.61. The normalized spacial score (nSPS) is 17.6. The number of carbonyl (C=O) groups excluding carboxylic acids is 1. The van der Waals surface area contributed by atoms with Gasteiger partial charge in [0.05, 0.1) is 12.5 Å². The standard InChI is InChI=1S/C18H23FN4O/c1-14(10-23-13-20-12-22-23)17(24)21-11-18(8-4-5-9-18)15-6-2-3-7-16(15)19/h2-3,6-7,12-14H,4-5,8-11H2,1H3,(H,21,24). The summed E-state index contributed by atoms with van der Waals surface area (Å²) in [6.45, 7) is 2.83. The summed E-state index contributed by atoms with van der Waals surface area (Å²) in [6.07, 6.45) is 7.01. The number of aromatic nitrogens is 3. The Hall–Kier alpha value is -2.24. The van der Waals surface area contributed by atoms with Gasteiger partial charge in [0.15, 0.2) is 0 Å². The van der Waals surface area contributed by atoms with Crippen LogP contribution < -0.4 is 5.32 Å². The summed E-state index contributed by atoms with van der Waals surface area (Å²) >= 11 is 0. The zero-order chi connectivity index (χ0) is 17.0. The van der Waals surface area contributed by atoms with Crippen molar-refractivity contribution >= 4 is 5.91 Å². The minimum atomic E-state index is -0.284. The van der Waals surface area contributed by atoms with Crippen molar-refractivity contribution in [3.05, 3.63) is 48.3 Å². The van der Waals surface area contributed by atoms with Crippen LogP contribution in [0.1, 0.15) is 38.2 Å². The van der Waals surface area contributed by atoms with E-state index in [0.29, 0.717) is 13.1 Å². The molecule has 128 valence electrons. The summed E-state index contributed by atoms with van der Waals surface area (Å²) in [7, 11) is 0. The zero-order valence-electron chi connectivity index (χ0n) is 13.9. The highest BCUT2D eigenvalue weighted by atomic mass is 19.1. The topological polar surface area (TPSA) is 59.8 Å². The van der Waals surface area contributed by atoms with E-state index in [4.69, 9.17) is 0 Å². The third kappa shape index (κ3) is 3.47. The van der Waals surface area contributed by atoms with Crippen molar-refractivity contribution in [2.75, 3.05) is 6.54 Å². The van der Waals surface area contributed by atoms with E-state index in [1.807, 2.05) is 19.1 Å². The first-order valence-electron chi connectivity index (χ1n) is 8.46. The molecule has 0 aliphatic heterocycles. The van der Waals surface area contributed by atoms with E-state index in [0.717, 1.165) is 31.2 Å². The van der Waals surface area contributed by atoms with E-state index in [1.54, 1.807) is 17.1 Å². The van der Waals surface area contributed by atoms with Crippen LogP contribution >= 0.6 is 0 Å². The molecule has 5 nitrogen and oxygen atoms in total. The molecular formula is C18H23FN4O. The maximum atomic E-state index is 14.3. The first-order chi connectivity index (χ1) is 11.6. The molecule has 1 saturated carbocycles. The van der Waals surface area contributed by atoms with Crippen LogP contribution in [0.25, 0.3) is 0 Å². The zero-order valence-corrected chi connectivity index (χ0v) is 13.9. The monoisotopic (exact) mass is 330 g/mol. The third-order valence-corrected chi connectivity index (χ3v) is 4.98. The summed E-state index contributed by atoms with van der Waals surface area (Å²) in [6, 6.07) is 6.93. The van der Waals surface area contributed by atoms with Crippen LogP contribution in [0.15, 0.2) is 36.9 Å². The van der Waals surface area contributed by atoms with Crippen LogP contribution in [0.4, 0.5) is 4.39 Å². The molecule has 1 atom stereocenters. The van der Waals surface area contributed by atoms with Crippen LogP contribution in [-0.2, 0) is 16.8 Å². The van der Waals surface area contributed by atoms with Crippen molar-refractivity contribution in [3.63, 3.8) is 0 Å². The second-order valence-corrected chi connectivity index (χ2v) is 6.70. The molecule has 1 aromatic carbocycles. The average molecular weight is 330 g/mol. The first kappa shape index (κ1) is 16.6. The largest absolute Gasteiger partial charge is 0.355 e. The quantitative estimate of drug-likeness (QED) is 0.886. The lowest BCUT2D eigenvalue weighted by atomic mass is 9.78. The lowest BCUT2D eigenvalue weighted by Gasteiger charge is -2.31. The second kappa shape index (κ2) is 7.11. The minimum absolute atomic E-state index is 0.0342. The summed E-state index contributed by atoms with van der Waals surface area (Å²) < 4.78 is 15.9. The molecule has 1 unspecified atom stereocenters. The van der Waals surface area contributed by atoms with E-state index in [-0.39, 0.29) is 23.1 Å². The molecule has 0 bridgehead atoms. The van der Waals surface area contributed by atoms with Crippen molar-refractivity contribution in [3.8, 4) is 0 Å². The van der Waals surface area contributed by atoms with E-state index in [1.165, 1.54) is 12.4 Å². The maximum absolute atomic E-state index is 14.3. The average Bonchev–Trinajstić information content (AvgIpc) is 3.25. The maximum Gasteiger partial charge on any atom is 0.224 e. The van der Waals surface area contributed by atoms with Crippen molar-refractivity contribution in [2.24, 2.45) is 5.92 Å². The Morgan fingerprint density at radius 2 is 2.12 bits per heavy atom. The molecule has 0 saturated heterocycles. The van der Waals surface area contributed by atoms with Gasteiger partial charge >= 0.3 is 0 Å². The van der Waals surface area contributed by atoms with Gasteiger partial charge in [-0.3, -0.25) is 9.48 Å². The molecule has 24 heavy (non-hydrogen) atoms. The lowest BCUT2D eigenvalue weighted by molar-refractivity contribution is -0.125. The number of nitrogens with one attached hydrogen (secondary N) is 1. The number of hydrogen-bond acceptors (Lipinski definition) is 3. The number of carbonyl (C=O) groups is 1. The molecule has 1 fully saturated rings. The molecule has 0 radical (unpaired) electrons. The van der Waals surface area contributed by atoms with Gasteiger partial charge in [0.1, 0.15) is 18.5 Å². The van der Waals surface area contributed by atoms with Gasteiger partial charge in [-0.2, -0.15) is 5.10 Å². The fourth-order valence-corrected chi connectivity index (χ4v) is 3.61. The van der Waals surface area contributed by atoms with Gasteiger partial charge in [-0.25, -0.2) is 9.37 Å². The van der Waals surface area contributed by atoms with Gasteiger partial charge < -0.3 is 5.32 Å². The van der Waals surface area contributed by atoms with Crippen LogP contribution in [0.2, 0.25) is 0 Å². The predicted molar refractivity (Wildman–Crippen MR) is 88.7 cm³/mol. The van der Waals surface area contributed by atoms with Crippen molar-refractivity contribution in [1.82, 2.24) is 20.1 Å². The van der Waals surface area contributed by atoms with Gasteiger partial charge in [0.2, 0.25) is 5.91 Å². The van der Waals surface area contributed by atoms with Crippen LogP contribution in [0.3, 0.4) is 0 Å². The number of hydrogen-bond donors (Lipinski definition) is 1. The van der Waals surface area contributed by atoms with Crippen LogP contribution in [-0.4, -0.2) is 27.2 Å². The number of benzene rings is 1. The Kier molecular flexibility index (Phi) is 4.92. The summed E-state index contributed by atoms with van der Waals surface area (Å²) in [4.78, 5) is 16.3. The Balaban J connectivity index is 1.66. The molecule has 0 spiro atoms. The van der Waals surface area contributed by atoms with E-state index < -0.39 is 0 Å². The van der Waals surface area contributed by atoms with Crippen molar-refractivity contribution in [2.45, 2.75) is 44.6 Å². The number of nitrogens with zero attached hydrogens (tertiary/aromatic N) is 3. The smallest absolute Gasteiger partial charge is 0.224 e. The van der Waals surface area contributed by atoms with Gasteiger partial charge in [0.25, 0.3) is 0 Å². The summed E-state index contributed by atoms with van der Waals surface area (Å²) in [5.41, 5.74) is 0.445. The fraction of sp³-hybridized carbons (Fsp3) is 0.500. The third-order valence-electron chi connectivity index (χ3n) is 4.98. The molecule has 6 heteroatoms. The van der Waals surface area contributed by atoms with Crippen LogP contribution in [0, 0.1) is 11.7 Å². The molecule has 1 amide bonds. The number of amides is 1. The SMILES string of the molecule is CC(Cn1cncn1)C(=O)NCC1(c2ccccc2F)CCCC1. The van der Waals surface area contributed by atoms with Gasteiger partial charge in [-0.05, 0) is 24.5 Å². The molecular weight excluding hydrogens is 307 g/mol. The minimum Gasteiger partial charge on any atom is -0.355 e. The Morgan fingerprint density at radius 1 is 1.38 bits per heavy atom. The van der Waals surface area contributed by atoms with E-state index >= 15 is 0 Å². The molecule has 2 aromatic rings. The summed E-state index contributed by atoms with van der Waals surface area (Å²) in [5, 5.41) is 7.06. The van der Waals surface area contributed by atoms with E-state index in [2.05, 4.69) is 15.4 Å². The second-order valence-electron chi connectivity index (χ2n) is 6.70. The van der Waals surface area contributed by atoms with Gasteiger partial charge in [-0.15, -0.1) is 0 Å². The summed E-state index contributed by atoms with van der Waals surface area (Å²) in [5.74, 6) is -0.428. The lowest BCUT2D eigenvalue weighted by Crippen LogP contribution is -2.42. The molecule has 1 aromatic heterocycles. The molecule has 1 N–H and O–H groups in total. The number of rotatable bonds is 6. The highest BCUT2D eigenvalue weighted by molar-refractivity contribution is 5.78. The van der Waals surface area contributed by atoms with Gasteiger partial charge in [0, 0.05) is 12.0 Å². The molecule has 1 heterocycles.